The molecule has 0 aromatic heterocycles. The zero-order valence-electron chi connectivity index (χ0n) is 23.9. The third kappa shape index (κ3) is 4.20. The molecular weight excluding hydrogens is 602 g/mol. The van der Waals surface area contributed by atoms with Crippen molar-refractivity contribution in [2.75, 3.05) is 4.90 Å². The second kappa shape index (κ2) is 10.6. The third-order valence-corrected chi connectivity index (χ3v) is 9.21. The number of aliphatic hydroxyl groups is 1. The lowest BCUT2D eigenvalue weighted by Gasteiger charge is -2.30. The standard InChI is InChI=1S/C41H28BrNO/c42-29-23-24-36-34-19-9-11-21-38(34)41(44,40(36)26-29)39-22-12-10-20-35(39)37-27-32(25-28-13-7-8-18-33(28)37)43(30-14-3-1-4-15-30)31-16-5-2-6-17-31/h1-27,44H. The van der Waals surface area contributed by atoms with Crippen molar-refractivity contribution in [3.63, 3.8) is 0 Å². The topological polar surface area (TPSA) is 23.5 Å². The number of anilines is 3. The molecule has 0 saturated heterocycles. The van der Waals surface area contributed by atoms with Gasteiger partial charge in [-0.3, -0.25) is 0 Å². The summed E-state index contributed by atoms with van der Waals surface area (Å²) < 4.78 is 0.939. The Bertz CT molecular complexity index is 2120. The van der Waals surface area contributed by atoms with Crippen molar-refractivity contribution in [3.8, 4) is 22.3 Å². The Labute approximate surface area is 265 Å². The van der Waals surface area contributed by atoms with Crippen molar-refractivity contribution >= 4 is 43.8 Å². The van der Waals surface area contributed by atoms with Gasteiger partial charge in [0.25, 0.3) is 0 Å². The number of benzene rings is 7. The van der Waals surface area contributed by atoms with Crippen molar-refractivity contribution < 1.29 is 5.11 Å². The van der Waals surface area contributed by atoms with E-state index in [1.807, 2.05) is 36.4 Å². The monoisotopic (exact) mass is 629 g/mol. The average Bonchev–Trinajstić information content (AvgIpc) is 3.33. The summed E-state index contributed by atoms with van der Waals surface area (Å²) in [6.45, 7) is 0. The molecular formula is C41H28BrNO. The zero-order valence-corrected chi connectivity index (χ0v) is 25.4. The lowest BCUT2D eigenvalue weighted by Crippen LogP contribution is -2.27. The summed E-state index contributed by atoms with van der Waals surface area (Å²) in [6, 6.07) is 56.8. The van der Waals surface area contributed by atoms with E-state index in [0.29, 0.717) is 0 Å². The molecule has 210 valence electrons. The highest BCUT2D eigenvalue weighted by atomic mass is 79.9. The molecule has 0 bridgehead atoms. The Morgan fingerprint density at radius 1 is 0.432 bits per heavy atom. The molecule has 0 spiro atoms. The molecule has 0 fully saturated rings. The van der Waals surface area contributed by atoms with E-state index >= 15 is 0 Å². The maximum absolute atomic E-state index is 13.0. The van der Waals surface area contributed by atoms with Crippen LogP contribution in [0.4, 0.5) is 17.1 Å². The smallest absolute Gasteiger partial charge is 0.142 e. The summed E-state index contributed by atoms with van der Waals surface area (Å²) in [5.74, 6) is 0. The minimum absolute atomic E-state index is 0.859. The SMILES string of the molecule is OC1(c2ccccc2-c2cc(N(c3ccccc3)c3ccccc3)cc3ccccc23)c2ccccc2-c2ccc(Br)cc21. The summed E-state index contributed by atoms with van der Waals surface area (Å²) >= 11 is 3.68. The van der Waals surface area contributed by atoms with Crippen molar-refractivity contribution in [3.05, 3.63) is 185 Å². The predicted octanol–water partition coefficient (Wildman–Crippen LogP) is 11.0. The van der Waals surface area contributed by atoms with Gasteiger partial charge in [-0.15, -0.1) is 0 Å². The zero-order chi connectivity index (χ0) is 29.7. The molecule has 7 aromatic rings. The van der Waals surface area contributed by atoms with Crippen LogP contribution >= 0.6 is 15.9 Å². The fourth-order valence-electron chi connectivity index (χ4n) is 6.80. The summed E-state index contributed by atoms with van der Waals surface area (Å²) in [7, 11) is 0. The van der Waals surface area contributed by atoms with Gasteiger partial charge in [-0.2, -0.15) is 0 Å². The van der Waals surface area contributed by atoms with Crippen molar-refractivity contribution in [2.24, 2.45) is 0 Å². The first-order valence-corrected chi connectivity index (χ1v) is 15.6. The molecule has 0 saturated carbocycles. The Morgan fingerprint density at radius 2 is 0.955 bits per heavy atom. The molecule has 0 radical (unpaired) electrons. The molecule has 44 heavy (non-hydrogen) atoms. The van der Waals surface area contributed by atoms with E-state index in [9.17, 15) is 5.11 Å². The van der Waals surface area contributed by atoms with E-state index in [1.165, 1.54) is 0 Å². The van der Waals surface area contributed by atoms with E-state index in [0.717, 1.165) is 71.3 Å². The first kappa shape index (κ1) is 26.7. The molecule has 8 rings (SSSR count). The second-order valence-electron chi connectivity index (χ2n) is 11.2. The minimum Gasteiger partial charge on any atom is -0.376 e. The van der Waals surface area contributed by atoms with Crippen molar-refractivity contribution in [1.29, 1.82) is 0 Å². The van der Waals surface area contributed by atoms with Gasteiger partial charge in [0.2, 0.25) is 0 Å². The fourth-order valence-corrected chi connectivity index (χ4v) is 7.16. The van der Waals surface area contributed by atoms with Crippen LogP contribution < -0.4 is 4.90 Å². The Hall–Kier alpha value is -4.96. The molecule has 2 nitrogen and oxygen atoms in total. The number of nitrogens with zero attached hydrogens (tertiary/aromatic N) is 1. The van der Waals surface area contributed by atoms with Gasteiger partial charge >= 0.3 is 0 Å². The van der Waals surface area contributed by atoms with E-state index in [2.05, 4.69) is 148 Å². The van der Waals surface area contributed by atoms with E-state index in [4.69, 9.17) is 0 Å². The number of fused-ring (bicyclic) bond motifs is 4. The van der Waals surface area contributed by atoms with Crippen LogP contribution in [0.5, 0.6) is 0 Å². The largest absolute Gasteiger partial charge is 0.376 e. The highest BCUT2D eigenvalue weighted by Crippen LogP contribution is 2.54. The lowest BCUT2D eigenvalue weighted by molar-refractivity contribution is 0.131. The van der Waals surface area contributed by atoms with Gasteiger partial charge in [-0.05, 0) is 81.6 Å². The summed E-state index contributed by atoms with van der Waals surface area (Å²) in [5.41, 5.74) is 8.70. The Kier molecular flexibility index (Phi) is 6.44. The van der Waals surface area contributed by atoms with E-state index < -0.39 is 5.60 Å². The summed E-state index contributed by atoms with van der Waals surface area (Å²) in [5, 5.41) is 15.3. The number of hydrogen-bond donors (Lipinski definition) is 1. The van der Waals surface area contributed by atoms with Gasteiger partial charge in [-0.25, -0.2) is 0 Å². The molecule has 0 amide bonds. The summed E-state index contributed by atoms with van der Waals surface area (Å²) in [6.07, 6.45) is 0. The molecule has 1 atom stereocenters. The van der Waals surface area contributed by atoms with Crippen LogP contribution in [0.15, 0.2) is 168 Å². The fraction of sp³-hybridized carbons (Fsp3) is 0.0244. The quantitative estimate of drug-likeness (QED) is 0.205. The predicted molar refractivity (Wildman–Crippen MR) is 186 cm³/mol. The van der Waals surface area contributed by atoms with Crippen LogP contribution in [-0.2, 0) is 5.60 Å². The molecule has 3 heteroatoms. The maximum Gasteiger partial charge on any atom is 0.142 e. The van der Waals surface area contributed by atoms with Crippen LogP contribution in [0.25, 0.3) is 33.0 Å². The van der Waals surface area contributed by atoms with Gasteiger partial charge in [0.05, 0.1) is 0 Å². The minimum atomic E-state index is -1.33. The van der Waals surface area contributed by atoms with Crippen LogP contribution in [-0.4, -0.2) is 5.11 Å². The van der Waals surface area contributed by atoms with Crippen LogP contribution in [0.1, 0.15) is 16.7 Å². The molecule has 0 heterocycles. The van der Waals surface area contributed by atoms with Gasteiger partial charge in [0.15, 0.2) is 0 Å². The van der Waals surface area contributed by atoms with Crippen LogP contribution in [0.3, 0.4) is 0 Å². The number of hydrogen-bond acceptors (Lipinski definition) is 2. The molecule has 1 unspecified atom stereocenters. The first-order chi connectivity index (χ1) is 21.6. The van der Waals surface area contributed by atoms with Crippen molar-refractivity contribution in [1.82, 2.24) is 0 Å². The van der Waals surface area contributed by atoms with Gasteiger partial charge in [0, 0.05) is 38.2 Å². The molecule has 1 aliphatic carbocycles. The maximum atomic E-state index is 13.0. The Morgan fingerprint density at radius 3 is 1.61 bits per heavy atom. The highest BCUT2D eigenvalue weighted by Gasteiger charge is 2.44. The van der Waals surface area contributed by atoms with Gasteiger partial charge in [-0.1, -0.05) is 131 Å². The third-order valence-electron chi connectivity index (χ3n) is 8.72. The summed E-state index contributed by atoms with van der Waals surface area (Å²) in [4.78, 5) is 2.30. The highest BCUT2D eigenvalue weighted by molar-refractivity contribution is 9.10. The van der Waals surface area contributed by atoms with E-state index in [-0.39, 0.29) is 0 Å². The first-order valence-electron chi connectivity index (χ1n) is 14.8. The second-order valence-corrected chi connectivity index (χ2v) is 12.1. The Balaban J connectivity index is 1.41. The number of halogens is 1. The normalized spacial score (nSPS) is 15.1. The molecule has 7 aromatic carbocycles. The molecule has 1 aliphatic rings. The number of rotatable bonds is 5. The van der Waals surface area contributed by atoms with Gasteiger partial charge in [0.1, 0.15) is 5.60 Å². The van der Waals surface area contributed by atoms with E-state index in [1.54, 1.807) is 0 Å². The molecule has 0 aliphatic heterocycles. The number of para-hydroxylation sites is 2. The van der Waals surface area contributed by atoms with Crippen LogP contribution in [0, 0.1) is 0 Å². The van der Waals surface area contributed by atoms with Crippen LogP contribution in [0.2, 0.25) is 0 Å². The van der Waals surface area contributed by atoms with Crippen molar-refractivity contribution in [2.45, 2.75) is 5.60 Å². The van der Waals surface area contributed by atoms with Gasteiger partial charge < -0.3 is 10.0 Å². The average molecular weight is 631 g/mol. The lowest BCUT2D eigenvalue weighted by atomic mass is 9.79. The molecule has 1 N–H and O–H groups in total.